The highest BCUT2D eigenvalue weighted by Gasteiger charge is 2.20. The van der Waals surface area contributed by atoms with Crippen molar-refractivity contribution >= 4 is 17.7 Å². The number of hydrogen-bond donors (Lipinski definition) is 2. The van der Waals surface area contributed by atoms with E-state index >= 15 is 0 Å². The lowest BCUT2D eigenvalue weighted by Gasteiger charge is -2.21. The maximum absolute atomic E-state index is 12.1. The van der Waals surface area contributed by atoms with Gasteiger partial charge in [0.2, 0.25) is 0 Å². The summed E-state index contributed by atoms with van der Waals surface area (Å²) in [6.07, 6.45) is 2.07. The number of hydrogen-bond acceptors (Lipinski definition) is 3. The average Bonchev–Trinajstić information content (AvgIpc) is 2.91. The summed E-state index contributed by atoms with van der Waals surface area (Å²) in [5.74, 6) is -0.894. The molecule has 0 aromatic heterocycles. The standard InChI is InChI=1S/C15H20N2O4/c1-17(10-13-6-3-7-21-13)15(20)16-12-5-2-4-11(8-12)9-14(18)19/h2,4-5,8,13H,3,6-7,9-10H2,1H3,(H,16,20)(H,18,19). The zero-order chi connectivity index (χ0) is 15.2. The molecule has 1 fully saturated rings. The fourth-order valence-corrected chi connectivity index (χ4v) is 2.33. The molecule has 1 aliphatic heterocycles. The van der Waals surface area contributed by atoms with Crippen LogP contribution in [0.1, 0.15) is 18.4 Å². The normalized spacial score (nSPS) is 17.5. The summed E-state index contributed by atoms with van der Waals surface area (Å²) in [5.41, 5.74) is 1.25. The van der Waals surface area contributed by atoms with Gasteiger partial charge in [0.1, 0.15) is 0 Å². The molecular weight excluding hydrogens is 272 g/mol. The summed E-state index contributed by atoms with van der Waals surface area (Å²) < 4.78 is 5.50. The Hall–Kier alpha value is -2.08. The minimum Gasteiger partial charge on any atom is -0.481 e. The topological polar surface area (TPSA) is 78.9 Å². The molecule has 6 nitrogen and oxygen atoms in total. The predicted octanol–water partition coefficient (Wildman–Crippen LogP) is 1.96. The number of anilines is 1. The largest absolute Gasteiger partial charge is 0.481 e. The van der Waals surface area contributed by atoms with Crippen molar-refractivity contribution in [2.75, 3.05) is 25.5 Å². The molecule has 0 spiro atoms. The molecule has 2 rings (SSSR count). The molecule has 2 N–H and O–H groups in total. The number of aliphatic carboxylic acids is 1. The lowest BCUT2D eigenvalue weighted by atomic mass is 10.1. The monoisotopic (exact) mass is 292 g/mol. The van der Waals surface area contributed by atoms with Crippen molar-refractivity contribution in [3.63, 3.8) is 0 Å². The van der Waals surface area contributed by atoms with Crippen LogP contribution in [-0.2, 0) is 16.0 Å². The van der Waals surface area contributed by atoms with Gasteiger partial charge in [-0.05, 0) is 30.5 Å². The van der Waals surface area contributed by atoms with Gasteiger partial charge in [0.05, 0.1) is 12.5 Å². The molecular formula is C15H20N2O4. The number of urea groups is 1. The van der Waals surface area contributed by atoms with Gasteiger partial charge >= 0.3 is 12.0 Å². The Balaban J connectivity index is 1.90. The molecule has 0 bridgehead atoms. The molecule has 114 valence electrons. The molecule has 1 aromatic carbocycles. The number of carboxylic acid groups (broad SMARTS) is 1. The number of ether oxygens (including phenoxy) is 1. The Morgan fingerprint density at radius 1 is 1.48 bits per heavy atom. The van der Waals surface area contributed by atoms with Crippen molar-refractivity contribution in [2.45, 2.75) is 25.4 Å². The molecule has 1 unspecified atom stereocenters. The van der Waals surface area contributed by atoms with Crippen molar-refractivity contribution in [1.82, 2.24) is 4.90 Å². The van der Waals surface area contributed by atoms with Crippen molar-refractivity contribution in [3.05, 3.63) is 29.8 Å². The Labute approximate surface area is 123 Å². The van der Waals surface area contributed by atoms with Crippen LogP contribution in [0, 0.1) is 0 Å². The van der Waals surface area contributed by atoms with Gasteiger partial charge in [-0.1, -0.05) is 12.1 Å². The molecule has 1 saturated heterocycles. The number of carbonyl (C=O) groups is 2. The van der Waals surface area contributed by atoms with Gasteiger partial charge in [-0.25, -0.2) is 4.79 Å². The van der Waals surface area contributed by atoms with Crippen molar-refractivity contribution in [3.8, 4) is 0 Å². The second-order valence-corrected chi connectivity index (χ2v) is 5.22. The lowest BCUT2D eigenvalue weighted by Crippen LogP contribution is -2.37. The van der Waals surface area contributed by atoms with Crippen LogP contribution in [0.4, 0.5) is 10.5 Å². The van der Waals surface area contributed by atoms with E-state index < -0.39 is 5.97 Å². The van der Waals surface area contributed by atoms with Crippen LogP contribution in [0.25, 0.3) is 0 Å². The number of amides is 2. The van der Waals surface area contributed by atoms with E-state index in [1.165, 1.54) is 0 Å². The van der Waals surface area contributed by atoms with Gasteiger partial charge in [-0.3, -0.25) is 4.79 Å². The summed E-state index contributed by atoms with van der Waals surface area (Å²) in [4.78, 5) is 24.4. The van der Waals surface area contributed by atoms with E-state index in [1.54, 1.807) is 36.2 Å². The van der Waals surface area contributed by atoms with E-state index in [4.69, 9.17) is 9.84 Å². The fraction of sp³-hybridized carbons (Fsp3) is 0.467. The smallest absolute Gasteiger partial charge is 0.321 e. The van der Waals surface area contributed by atoms with Gasteiger partial charge in [-0.2, -0.15) is 0 Å². The first-order valence-corrected chi connectivity index (χ1v) is 6.99. The third kappa shape index (κ3) is 4.75. The van der Waals surface area contributed by atoms with Crippen LogP contribution in [0.2, 0.25) is 0 Å². The molecule has 1 aromatic rings. The summed E-state index contributed by atoms with van der Waals surface area (Å²) in [7, 11) is 1.72. The quantitative estimate of drug-likeness (QED) is 0.869. The van der Waals surface area contributed by atoms with E-state index in [2.05, 4.69) is 5.32 Å². The minimum absolute atomic E-state index is 0.0601. The predicted molar refractivity (Wildman–Crippen MR) is 78.4 cm³/mol. The summed E-state index contributed by atoms with van der Waals surface area (Å²) >= 11 is 0. The number of nitrogens with one attached hydrogen (secondary N) is 1. The summed E-state index contributed by atoms with van der Waals surface area (Å²) in [5, 5.41) is 11.5. The molecule has 0 aliphatic carbocycles. The Bertz CT molecular complexity index is 512. The molecule has 1 heterocycles. The summed E-state index contributed by atoms with van der Waals surface area (Å²) in [6, 6.07) is 6.64. The van der Waals surface area contributed by atoms with Crippen LogP contribution in [0.15, 0.2) is 24.3 Å². The van der Waals surface area contributed by atoms with Crippen molar-refractivity contribution < 1.29 is 19.4 Å². The number of carboxylic acids is 1. The molecule has 1 atom stereocenters. The first-order valence-electron chi connectivity index (χ1n) is 6.99. The first kappa shape index (κ1) is 15.3. The second kappa shape index (κ2) is 7.08. The fourth-order valence-electron chi connectivity index (χ4n) is 2.33. The maximum Gasteiger partial charge on any atom is 0.321 e. The zero-order valence-corrected chi connectivity index (χ0v) is 12.0. The van der Waals surface area contributed by atoms with Gasteiger partial charge in [-0.15, -0.1) is 0 Å². The molecule has 0 radical (unpaired) electrons. The summed E-state index contributed by atoms with van der Waals surface area (Å²) in [6.45, 7) is 1.32. The van der Waals surface area contributed by atoms with Crippen LogP contribution in [0.5, 0.6) is 0 Å². The van der Waals surface area contributed by atoms with Crippen LogP contribution < -0.4 is 5.32 Å². The van der Waals surface area contributed by atoms with Crippen molar-refractivity contribution in [1.29, 1.82) is 0 Å². The van der Waals surface area contributed by atoms with E-state index in [1.807, 2.05) is 0 Å². The average molecular weight is 292 g/mol. The second-order valence-electron chi connectivity index (χ2n) is 5.22. The van der Waals surface area contributed by atoms with Gasteiger partial charge < -0.3 is 20.1 Å². The highest BCUT2D eigenvalue weighted by atomic mass is 16.5. The van der Waals surface area contributed by atoms with Crippen LogP contribution in [-0.4, -0.2) is 48.3 Å². The Morgan fingerprint density at radius 3 is 2.95 bits per heavy atom. The van der Waals surface area contributed by atoms with Gasteiger partial charge in [0.15, 0.2) is 0 Å². The molecule has 1 aliphatic rings. The maximum atomic E-state index is 12.1. The van der Waals surface area contributed by atoms with E-state index in [0.717, 1.165) is 19.4 Å². The molecule has 6 heteroatoms. The highest BCUT2D eigenvalue weighted by molar-refractivity contribution is 5.89. The Morgan fingerprint density at radius 2 is 2.29 bits per heavy atom. The zero-order valence-electron chi connectivity index (χ0n) is 12.0. The van der Waals surface area contributed by atoms with Crippen molar-refractivity contribution in [2.24, 2.45) is 0 Å². The SMILES string of the molecule is CN(CC1CCCO1)C(=O)Nc1cccc(CC(=O)O)c1. The number of nitrogens with zero attached hydrogens (tertiary/aromatic N) is 1. The number of benzene rings is 1. The number of likely N-dealkylation sites (N-methyl/N-ethyl adjacent to an activating group) is 1. The number of carbonyl (C=O) groups excluding carboxylic acids is 1. The van der Waals surface area contributed by atoms with Crippen LogP contribution in [0.3, 0.4) is 0 Å². The van der Waals surface area contributed by atoms with E-state index in [-0.39, 0.29) is 18.6 Å². The third-order valence-electron chi connectivity index (χ3n) is 3.38. The van der Waals surface area contributed by atoms with E-state index in [9.17, 15) is 9.59 Å². The number of rotatable bonds is 5. The minimum atomic E-state index is -0.894. The lowest BCUT2D eigenvalue weighted by molar-refractivity contribution is -0.136. The first-order chi connectivity index (χ1) is 10.0. The third-order valence-corrected chi connectivity index (χ3v) is 3.38. The van der Waals surface area contributed by atoms with Gasteiger partial charge in [0, 0.05) is 25.9 Å². The van der Waals surface area contributed by atoms with Gasteiger partial charge in [0.25, 0.3) is 0 Å². The Kier molecular flexibility index (Phi) is 5.16. The highest BCUT2D eigenvalue weighted by Crippen LogP contribution is 2.15. The van der Waals surface area contributed by atoms with Crippen LogP contribution >= 0.6 is 0 Å². The van der Waals surface area contributed by atoms with E-state index in [0.29, 0.717) is 17.8 Å². The molecule has 21 heavy (non-hydrogen) atoms. The molecule has 2 amide bonds. The molecule has 0 saturated carbocycles.